The number of benzene rings is 2. The SMILES string of the molecule is Oc1ccc(SC2CCC(Sc3ccc(O)cc3)CC2)cc1. The highest BCUT2D eigenvalue weighted by Gasteiger charge is 2.22. The molecule has 1 saturated carbocycles. The lowest BCUT2D eigenvalue weighted by molar-refractivity contribution is 0.474. The molecule has 0 spiro atoms. The summed E-state index contributed by atoms with van der Waals surface area (Å²) in [6.07, 6.45) is 4.95. The van der Waals surface area contributed by atoms with Crippen LogP contribution in [-0.4, -0.2) is 20.7 Å². The summed E-state index contributed by atoms with van der Waals surface area (Å²) in [5.41, 5.74) is 0. The van der Waals surface area contributed by atoms with Gasteiger partial charge in [0.1, 0.15) is 11.5 Å². The molecule has 1 fully saturated rings. The lowest BCUT2D eigenvalue weighted by atomic mass is 10.00. The molecular weight excluding hydrogens is 312 g/mol. The first-order chi connectivity index (χ1) is 10.7. The second kappa shape index (κ2) is 7.34. The summed E-state index contributed by atoms with van der Waals surface area (Å²) in [4.78, 5) is 2.49. The fraction of sp³-hybridized carbons (Fsp3) is 0.333. The molecule has 0 amide bonds. The number of phenols is 2. The Bertz CT molecular complexity index is 532. The van der Waals surface area contributed by atoms with Gasteiger partial charge in [0.25, 0.3) is 0 Å². The van der Waals surface area contributed by atoms with Crippen LogP contribution in [0.15, 0.2) is 58.3 Å². The van der Waals surface area contributed by atoms with Crippen LogP contribution in [0.4, 0.5) is 0 Å². The van der Waals surface area contributed by atoms with Gasteiger partial charge in [-0.2, -0.15) is 0 Å². The fourth-order valence-electron chi connectivity index (χ4n) is 2.70. The van der Waals surface area contributed by atoms with E-state index < -0.39 is 0 Å². The van der Waals surface area contributed by atoms with E-state index in [-0.39, 0.29) is 0 Å². The van der Waals surface area contributed by atoms with Crippen molar-refractivity contribution in [1.82, 2.24) is 0 Å². The number of hydrogen-bond donors (Lipinski definition) is 2. The number of phenolic OH excluding ortho intramolecular Hbond substituents is 2. The third-order valence-electron chi connectivity index (χ3n) is 3.90. The highest BCUT2D eigenvalue weighted by Crippen LogP contribution is 2.40. The Kier molecular flexibility index (Phi) is 5.21. The van der Waals surface area contributed by atoms with Crippen LogP contribution in [0.5, 0.6) is 11.5 Å². The lowest BCUT2D eigenvalue weighted by Gasteiger charge is -2.27. The van der Waals surface area contributed by atoms with Gasteiger partial charge in [-0.1, -0.05) is 0 Å². The molecule has 116 valence electrons. The summed E-state index contributed by atoms with van der Waals surface area (Å²) in [6, 6.07) is 15.0. The molecule has 1 aliphatic carbocycles. The van der Waals surface area contributed by atoms with E-state index in [1.165, 1.54) is 35.5 Å². The van der Waals surface area contributed by atoms with Crippen molar-refractivity contribution in [2.45, 2.75) is 46.0 Å². The molecule has 0 bridgehead atoms. The van der Waals surface area contributed by atoms with Gasteiger partial charge in [-0.3, -0.25) is 0 Å². The first-order valence-corrected chi connectivity index (χ1v) is 9.36. The molecule has 4 heteroatoms. The van der Waals surface area contributed by atoms with E-state index in [2.05, 4.69) is 0 Å². The van der Waals surface area contributed by atoms with Crippen LogP contribution in [0.1, 0.15) is 25.7 Å². The van der Waals surface area contributed by atoms with Crippen LogP contribution in [0, 0.1) is 0 Å². The minimum Gasteiger partial charge on any atom is -0.508 e. The predicted octanol–water partition coefficient (Wildman–Crippen LogP) is 5.29. The van der Waals surface area contributed by atoms with Gasteiger partial charge in [0.15, 0.2) is 0 Å². The molecule has 3 rings (SSSR count). The van der Waals surface area contributed by atoms with Crippen molar-refractivity contribution in [2.75, 3.05) is 0 Å². The number of hydrogen-bond acceptors (Lipinski definition) is 4. The predicted molar refractivity (Wildman–Crippen MR) is 94.0 cm³/mol. The molecule has 2 aromatic carbocycles. The van der Waals surface area contributed by atoms with Crippen molar-refractivity contribution in [1.29, 1.82) is 0 Å². The van der Waals surface area contributed by atoms with Gasteiger partial charge in [0.2, 0.25) is 0 Å². The van der Waals surface area contributed by atoms with Gasteiger partial charge < -0.3 is 10.2 Å². The Morgan fingerprint density at radius 2 is 0.909 bits per heavy atom. The van der Waals surface area contributed by atoms with E-state index in [0.717, 1.165) is 0 Å². The number of rotatable bonds is 4. The zero-order valence-electron chi connectivity index (χ0n) is 12.3. The normalized spacial score (nSPS) is 21.6. The molecule has 1 aliphatic rings. The third kappa shape index (κ3) is 4.37. The van der Waals surface area contributed by atoms with E-state index in [9.17, 15) is 10.2 Å². The summed E-state index contributed by atoms with van der Waals surface area (Å²) in [5, 5.41) is 20.0. The summed E-state index contributed by atoms with van der Waals surface area (Å²) >= 11 is 3.86. The van der Waals surface area contributed by atoms with Crippen LogP contribution < -0.4 is 0 Å². The van der Waals surface area contributed by atoms with Crippen LogP contribution in [-0.2, 0) is 0 Å². The standard InChI is InChI=1S/C18H20O2S2/c19-13-1-5-15(6-2-13)21-17-9-11-18(12-10-17)22-16-7-3-14(20)4-8-16/h1-8,17-20H,9-12H2. The molecule has 0 aliphatic heterocycles. The maximum Gasteiger partial charge on any atom is 0.115 e. The van der Waals surface area contributed by atoms with Crippen molar-refractivity contribution in [3.63, 3.8) is 0 Å². The first-order valence-electron chi connectivity index (χ1n) is 7.60. The summed E-state index contributed by atoms with van der Waals surface area (Å²) in [7, 11) is 0. The van der Waals surface area contributed by atoms with Crippen LogP contribution >= 0.6 is 23.5 Å². The largest absolute Gasteiger partial charge is 0.508 e. The monoisotopic (exact) mass is 332 g/mol. The Hall–Kier alpha value is -1.26. The molecule has 2 aromatic rings. The lowest BCUT2D eigenvalue weighted by Crippen LogP contribution is -2.17. The molecule has 0 radical (unpaired) electrons. The zero-order valence-corrected chi connectivity index (χ0v) is 13.9. The van der Waals surface area contributed by atoms with Crippen molar-refractivity contribution < 1.29 is 10.2 Å². The summed E-state index contributed by atoms with van der Waals surface area (Å²) in [5.74, 6) is 0.664. The fourth-order valence-corrected chi connectivity index (χ4v) is 5.07. The molecular formula is C18H20O2S2. The van der Waals surface area contributed by atoms with E-state index in [1.807, 2.05) is 47.8 Å². The average Bonchev–Trinajstić information content (AvgIpc) is 2.54. The molecule has 2 nitrogen and oxygen atoms in total. The quantitative estimate of drug-likeness (QED) is 0.798. The van der Waals surface area contributed by atoms with Gasteiger partial charge in [-0.25, -0.2) is 0 Å². The van der Waals surface area contributed by atoms with Crippen molar-refractivity contribution in [3.05, 3.63) is 48.5 Å². The molecule has 0 aromatic heterocycles. The van der Waals surface area contributed by atoms with Crippen LogP contribution in [0.3, 0.4) is 0 Å². The maximum atomic E-state index is 9.33. The van der Waals surface area contributed by atoms with Crippen molar-refractivity contribution in [2.24, 2.45) is 0 Å². The molecule has 0 saturated heterocycles. The Labute approximate surface area is 140 Å². The second-order valence-electron chi connectivity index (χ2n) is 5.62. The molecule has 22 heavy (non-hydrogen) atoms. The van der Waals surface area contributed by atoms with Gasteiger partial charge in [0, 0.05) is 20.3 Å². The van der Waals surface area contributed by atoms with Gasteiger partial charge >= 0.3 is 0 Å². The number of aromatic hydroxyl groups is 2. The smallest absolute Gasteiger partial charge is 0.115 e. The third-order valence-corrected chi connectivity index (χ3v) is 6.60. The first kappa shape index (κ1) is 15.6. The van der Waals surface area contributed by atoms with Gasteiger partial charge in [-0.05, 0) is 74.2 Å². The van der Waals surface area contributed by atoms with Crippen molar-refractivity contribution in [3.8, 4) is 11.5 Å². The van der Waals surface area contributed by atoms with E-state index in [4.69, 9.17) is 0 Å². The minimum absolute atomic E-state index is 0.332. The minimum atomic E-state index is 0.332. The van der Waals surface area contributed by atoms with Crippen molar-refractivity contribution >= 4 is 23.5 Å². The maximum absolute atomic E-state index is 9.33. The van der Waals surface area contributed by atoms with Gasteiger partial charge in [0.05, 0.1) is 0 Å². The van der Waals surface area contributed by atoms with Crippen LogP contribution in [0.2, 0.25) is 0 Å². The Morgan fingerprint density at radius 1 is 0.591 bits per heavy atom. The molecule has 0 heterocycles. The van der Waals surface area contributed by atoms with E-state index in [1.54, 1.807) is 24.3 Å². The molecule has 0 unspecified atom stereocenters. The number of thioether (sulfide) groups is 2. The van der Waals surface area contributed by atoms with E-state index in [0.29, 0.717) is 22.0 Å². The van der Waals surface area contributed by atoms with Crippen LogP contribution in [0.25, 0.3) is 0 Å². The van der Waals surface area contributed by atoms with E-state index >= 15 is 0 Å². The Morgan fingerprint density at radius 3 is 1.23 bits per heavy atom. The highest BCUT2D eigenvalue weighted by atomic mass is 32.2. The molecule has 0 atom stereocenters. The summed E-state index contributed by atoms with van der Waals surface area (Å²) < 4.78 is 0. The second-order valence-corrected chi connectivity index (χ2v) is 8.37. The zero-order chi connectivity index (χ0) is 15.4. The molecule has 2 N–H and O–H groups in total. The van der Waals surface area contributed by atoms with Gasteiger partial charge in [-0.15, -0.1) is 23.5 Å². The summed E-state index contributed by atoms with van der Waals surface area (Å²) in [6.45, 7) is 0. The Balaban J connectivity index is 1.47. The topological polar surface area (TPSA) is 40.5 Å². The highest BCUT2D eigenvalue weighted by molar-refractivity contribution is 8.00. The average molecular weight is 332 g/mol.